The molecule has 0 saturated carbocycles. The average molecular weight is 354 g/mol. The van der Waals surface area contributed by atoms with E-state index in [-0.39, 0.29) is 0 Å². The summed E-state index contributed by atoms with van der Waals surface area (Å²) >= 11 is 0. The second-order valence-electron chi connectivity index (χ2n) is 7.14. The molecular weight excluding hydrogens is 332 g/mol. The van der Waals surface area contributed by atoms with Gasteiger partial charge in [0.2, 0.25) is 0 Å². The Morgan fingerprint density at radius 1 is 0.963 bits per heavy atom. The molecule has 0 saturated heterocycles. The van der Waals surface area contributed by atoms with Gasteiger partial charge in [-0.25, -0.2) is 4.98 Å². The van der Waals surface area contributed by atoms with E-state index in [9.17, 15) is 0 Å². The van der Waals surface area contributed by atoms with Gasteiger partial charge in [0, 0.05) is 23.4 Å². The molecule has 0 fully saturated rings. The summed E-state index contributed by atoms with van der Waals surface area (Å²) in [6, 6.07) is 21.0. The molecule has 27 heavy (non-hydrogen) atoms. The highest BCUT2D eigenvalue weighted by molar-refractivity contribution is 5.81. The Morgan fingerprint density at radius 3 is 2.48 bits per heavy atom. The van der Waals surface area contributed by atoms with Gasteiger partial charge < -0.3 is 5.32 Å². The Labute approximate surface area is 158 Å². The smallest absolute Gasteiger partial charge is 0.165 e. The minimum atomic E-state index is 0.784. The summed E-state index contributed by atoms with van der Waals surface area (Å²) in [5, 5.41) is 8.53. The number of aromatic nitrogens is 3. The number of rotatable bonds is 4. The Balaban J connectivity index is 1.66. The molecule has 0 spiro atoms. The van der Waals surface area contributed by atoms with Crippen molar-refractivity contribution in [3.8, 4) is 11.1 Å². The number of nitrogens with zero attached hydrogens (tertiary/aromatic N) is 3. The fourth-order valence-electron chi connectivity index (χ4n) is 4.04. The summed E-state index contributed by atoms with van der Waals surface area (Å²) < 4.78 is 2.02. The number of anilines is 1. The highest BCUT2D eigenvalue weighted by Crippen LogP contribution is 2.34. The standard InChI is InChI=1S/C23H22N4/c1-16-21(18-11-6-3-7-12-18)23-25-20-14-8-13-19(20)22(27(23)26-16)24-15-17-9-4-2-5-10-17/h2-7,9-12,24H,8,13-15H2,1H3. The quantitative estimate of drug-likeness (QED) is 0.572. The summed E-state index contributed by atoms with van der Waals surface area (Å²) in [6.45, 7) is 2.86. The zero-order chi connectivity index (χ0) is 18.2. The first-order valence-corrected chi connectivity index (χ1v) is 9.55. The Kier molecular flexibility index (Phi) is 3.89. The predicted octanol–water partition coefficient (Wildman–Crippen LogP) is 4.81. The molecule has 2 aromatic carbocycles. The second-order valence-corrected chi connectivity index (χ2v) is 7.14. The first-order valence-electron chi connectivity index (χ1n) is 9.55. The van der Waals surface area contributed by atoms with Crippen molar-refractivity contribution < 1.29 is 0 Å². The van der Waals surface area contributed by atoms with Crippen LogP contribution in [0.25, 0.3) is 16.8 Å². The molecule has 2 heterocycles. The maximum Gasteiger partial charge on any atom is 0.165 e. The van der Waals surface area contributed by atoms with E-state index < -0.39 is 0 Å². The van der Waals surface area contributed by atoms with Gasteiger partial charge >= 0.3 is 0 Å². The lowest BCUT2D eigenvalue weighted by Crippen LogP contribution is -2.10. The molecule has 5 rings (SSSR count). The summed E-state index contributed by atoms with van der Waals surface area (Å²) in [5.74, 6) is 1.10. The van der Waals surface area contributed by atoms with E-state index in [1.165, 1.54) is 22.4 Å². The molecule has 4 heteroatoms. The monoisotopic (exact) mass is 354 g/mol. The molecule has 0 amide bonds. The fraction of sp³-hybridized carbons (Fsp3) is 0.217. The van der Waals surface area contributed by atoms with E-state index in [2.05, 4.69) is 66.8 Å². The van der Waals surface area contributed by atoms with E-state index in [1.54, 1.807) is 0 Å². The number of benzene rings is 2. The lowest BCUT2D eigenvalue weighted by molar-refractivity contribution is 0.887. The van der Waals surface area contributed by atoms with E-state index in [0.29, 0.717) is 0 Å². The minimum absolute atomic E-state index is 0.784. The topological polar surface area (TPSA) is 42.2 Å². The predicted molar refractivity (Wildman–Crippen MR) is 109 cm³/mol. The van der Waals surface area contributed by atoms with Crippen LogP contribution in [0.5, 0.6) is 0 Å². The van der Waals surface area contributed by atoms with Crippen LogP contribution < -0.4 is 5.32 Å². The van der Waals surface area contributed by atoms with Crippen LogP contribution >= 0.6 is 0 Å². The van der Waals surface area contributed by atoms with Crippen LogP contribution in [0.4, 0.5) is 5.82 Å². The number of hydrogen-bond acceptors (Lipinski definition) is 3. The van der Waals surface area contributed by atoms with Crippen LogP contribution in [-0.2, 0) is 19.4 Å². The molecule has 0 radical (unpaired) electrons. The molecule has 0 unspecified atom stereocenters. The summed E-state index contributed by atoms with van der Waals surface area (Å²) in [7, 11) is 0. The van der Waals surface area contributed by atoms with Gasteiger partial charge in [0.15, 0.2) is 5.65 Å². The van der Waals surface area contributed by atoms with E-state index in [0.717, 1.165) is 48.5 Å². The van der Waals surface area contributed by atoms with Crippen LogP contribution in [-0.4, -0.2) is 14.6 Å². The zero-order valence-electron chi connectivity index (χ0n) is 15.4. The van der Waals surface area contributed by atoms with Gasteiger partial charge in [-0.2, -0.15) is 9.61 Å². The molecule has 0 aliphatic heterocycles. The Morgan fingerprint density at radius 2 is 1.70 bits per heavy atom. The normalized spacial score (nSPS) is 13.1. The summed E-state index contributed by atoms with van der Waals surface area (Å²) in [5.41, 5.74) is 8.07. The Hall–Kier alpha value is -3.14. The molecule has 4 aromatic rings. The molecule has 2 aromatic heterocycles. The van der Waals surface area contributed by atoms with Crippen LogP contribution in [0.3, 0.4) is 0 Å². The number of aryl methyl sites for hydroxylation is 2. The van der Waals surface area contributed by atoms with Crippen molar-refractivity contribution in [1.29, 1.82) is 0 Å². The molecular formula is C23H22N4. The second kappa shape index (κ2) is 6.54. The van der Waals surface area contributed by atoms with Gasteiger partial charge in [-0.1, -0.05) is 60.7 Å². The van der Waals surface area contributed by atoms with Crippen molar-refractivity contribution in [3.63, 3.8) is 0 Å². The van der Waals surface area contributed by atoms with Gasteiger partial charge in [-0.15, -0.1) is 0 Å². The molecule has 1 aliphatic carbocycles. The summed E-state index contributed by atoms with van der Waals surface area (Å²) in [4.78, 5) is 5.03. The maximum absolute atomic E-state index is 5.03. The van der Waals surface area contributed by atoms with Gasteiger partial charge in [0.1, 0.15) is 5.82 Å². The van der Waals surface area contributed by atoms with Crippen molar-refractivity contribution in [1.82, 2.24) is 14.6 Å². The largest absolute Gasteiger partial charge is 0.366 e. The van der Waals surface area contributed by atoms with E-state index >= 15 is 0 Å². The molecule has 4 nitrogen and oxygen atoms in total. The molecule has 134 valence electrons. The Bertz CT molecular complexity index is 1100. The molecule has 0 atom stereocenters. The van der Waals surface area contributed by atoms with Crippen molar-refractivity contribution in [2.45, 2.75) is 32.7 Å². The fourth-order valence-corrected chi connectivity index (χ4v) is 4.04. The first kappa shape index (κ1) is 16.1. The van der Waals surface area contributed by atoms with Crippen molar-refractivity contribution in [3.05, 3.63) is 83.2 Å². The molecule has 1 N–H and O–H groups in total. The number of hydrogen-bond donors (Lipinski definition) is 1. The van der Waals surface area contributed by atoms with Gasteiger partial charge in [-0.3, -0.25) is 0 Å². The van der Waals surface area contributed by atoms with Crippen LogP contribution in [0.15, 0.2) is 60.7 Å². The van der Waals surface area contributed by atoms with Gasteiger partial charge in [-0.05, 0) is 37.3 Å². The van der Waals surface area contributed by atoms with Crippen LogP contribution in [0.1, 0.15) is 28.9 Å². The average Bonchev–Trinajstić information content (AvgIpc) is 3.30. The van der Waals surface area contributed by atoms with E-state index in [1.807, 2.05) is 10.6 Å². The highest BCUT2D eigenvalue weighted by Gasteiger charge is 2.23. The van der Waals surface area contributed by atoms with Crippen LogP contribution in [0.2, 0.25) is 0 Å². The minimum Gasteiger partial charge on any atom is -0.366 e. The lowest BCUT2D eigenvalue weighted by atomic mass is 10.1. The third-order valence-corrected chi connectivity index (χ3v) is 5.33. The highest BCUT2D eigenvalue weighted by atomic mass is 15.3. The maximum atomic E-state index is 5.03. The summed E-state index contributed by atoms with van der Waals surface area (Å²) in [6.07, 6.45) is 3.27. The molecule has 0 bridgehead atoms. The van der Waals surface area contributed by atoms with Gasteiger partial charge in [0.25, 0.3) is 0 Å². The van der Waals surface area contributed by atoms with Crippen molar-refractivity contribution in [2.75, 3.05) is 5.32 Å². The zero-order valence-corrected chi connectivity index (χ0v) is 15.4. The van der Waals surface area contributed by atoms with Crippen molar-refractivity contribution in [2.24, 2.45) is 0 Å². The SMILES string of the molecule is Cc1nn2c(NCc3ccccc3)c3c(nc2c1-c1ccccc1)CCC3. The third-order valence-electron chi connectivity index (χ3n) is 5.33. The van der Waals surface area contributed by atoms with E-state index in [4.69, 9.17) is 10.1 Å². The first-order chi connectivity index (χ1) is 13.3. The van der Waals surface area contributed by atoms with Crippen LogP contribution in [0, 0.1) is 6.92 Å². The lowest BCUT2D eigenvalue weighted by Gasteiger charge is -2.13. The van der Waals surface area contributed by atoms with Crippen molar-refractivity contribution >= 4 is 11.5 Å². The number of fused-ring (bicyclic) bond motifs is 2. The van der Waals surface area contributed by atoms with Gasteiger partial charge in [0.05, 0.1) is 5.69 Å². The molecule has 1 aliphatic rings. The third kappa shape index (κ3) is 2.78. The number of nitrogens with one attached hydrogen (secondary N) is 1.